The molecule has 1 aromatic carbocycles. The number of hydrogen-bond donors (Lipinski definition) is 2. The van der Waals surface area contributed by atoms with Crippen molar-refractivity contribution in [3.8, 4) is 5.75 Å². The highest BCUT2D eigenvalue weighted by Crippen LogP contribution is 2.23. The predicted octanol–water partition coefficient (Wildman–Crippen LogP) is 2.41. The Morgan fingerprint density at radius 1 is 1.22 bits per heavy atom. The van der Waals surface area contributed by atoms with Gasteiger partial charge in [0.2, 0.25) is 0 Å². The second-order valence-electron chi connectivity index (χ2n) is 4.91. The number of benzene rings is 1. The maximum absolute atomic E-state index is 8.64. The van der Waals surface area contributed by atoms with Crippen molar-refractivity contribution in [2.45, 2.75) is 13.2 Å². The van der Waals surface area contributed by atoms with Gasteiger partial charge in [-0.25, -0.2) is 0 Å². The van der Waals surface area contributed by atoms with Crippen LogP contribution in [0.3, 0.4) is 0 Å². The number of pyridine rings is 1. The van der Waals surface area contributed by atoms with Gasteiger partial charge in [-0.2, -0.15) is 0 Å². The summed E-state index contributed by atoms with van der Waals surface area (Å²) in [6, 6.07) is 9.43. The van der Waals surface area contributed by atoms with Crippen LogP contribution in [0.25, 0.3) is 0 Å². The van der Waals surface area contributed by atoms with Crippen molar-refractivity contribution in [1.82, 2.24) is 10.3 Å². The summed E-state index contributed by atoms with van der Waals surface area (Å²) < 4.78 is 11.1. The van der Waals surface area contributed by atoms with E-state index in [1.54, 1.807) is 12.4 Å². The Morgan fingerprint density at radius 3 is 2.91 bits per heavy atom. The Hall–Kier alpha value is -1.66. The first-order valence-electron chi connectivity index (χ1n) is 7.49. The Labute approximate surface area is 141 Å². The zero-order valence-electron chi connectivity index (χ0n) is 12.9. The van der Waals surface area contributed by atoms with Crippen molar-refractivity contribution < 1.29 is 14.6 Å². The highest BCUT2D eigenvalue weighted by atomic mass is 35.5. The lowest BCUT2D eigenvalue weighted by molar-refractivity contribution is 0.0937. The van der Waals surface area contributed by atoms with E-state index >= 15 is 0 Å². The molecule has 0 aliphatic rings. The molecule has 1 heterocycles. The maximum Gasteiger partial charge on any atom is 0.124 e. The van der Waals surface area contributed by atoms with Gasteiger partial charge in [0.1, 0.15) is 12.4 Å². The topological polar surface area (TPSA) is 63.6 Å². The zero-order valence-corrected chi connectivity index (χ0v) is 13.6. The average Bonchev–Trinajstić information content (AvgIpc) is 2.58. The first-order valence-corrected chi connectivity index (χ1v) is 7.87. The molecule has 0 radical (unpaired) electrons. The van der Waals surface area contributed by atoms with E-state index in [9.17, 15) is 0 Å². The summed E-state index contributed by atoms with van der Waals surface area (Å²) in [6.45, 7) is 2.73. The summed E-state index contributed by atoms with van der Waals surface area (Å²) in [7, 11) is 0. The number of nitrogens with zero attached hydrogens (tertiary/aromatic N) is 1. The quantitative estimate of drug-likeness (QED) is 0.652. The SMILES string of the molecule is OCCOCCNCc1cc(Cl)ccc1OCc1cccnc1. The third-order valence-electron chi connectivity index (χ3n) is 3.11. The number of rotatable bonds is 10. The van der Waals surface area contributed by atoms with Gasteiger partial charge in [-0.1, -0.05) is 17.7 Å². The van der Waals surface area contributed by atoms with Crippen molar-refractivity contribution in [2.24, 2.45) is 0 Å². The van der Waals surface area contributed by atoms with Gasteiger partial charge in [-0.05, 0) is 24.3 Å². The summed E-state index contributed by atoms with van der Waals surface area (Å²) in [4.78, 5) is 4.07. The van der Waals surface area contributed by atoms with Gasteiger partial charge in [-0.15, -0.1) is 0 Å². The summed E-state index contributed by atoms with van der Waals surface area (Å²) >= 11 is 6.07. The molecule has 124 valence electrons. The molecule has 23 heavy (non-hydrogen) atoms. The second kappa shape index (κ2) is 10.2. The van der Waals surface area contributed by atoms with E-state index in [1.807, 2.05) is 30.3 Å². The molecule has 0 aliphatic carbocycles. The standard InChI is InChI=1S/C17H21ClN2O3/c18-16-3-4-17(23-13-14-2-1-5-19-11-14)15(10-16)12-20-6-8-22-9-7-21/h1-5,10-11,20-21H,6-9,12-13H2. The lowest BCUT2D eigenvalue weighted by Crippen LogP contribution is -2.20. The van der Waals surface area contributed by atoms with Crippen LogP contribution in [-0.4, -0.2) is 36.5 Å². The zero-order chi connectivity index (χ0) is 16.3. The third kappa shape index (κ3) is 6.54. The van der Waals surface area contributed by atoms with Gasteiger partial charge in [0, 0.05) is 41.6 Å². The van der Waals surface area contributed by atoms with Gasteiger partial charge >= 0.3 is 0 Å². The Bertz CT molecular complexity index is 581. The molecule has 0 bridgehead atoms. The van der Waals surface area contributed by atoms with Gasteiger partial charge in [-0.3, -0.25) is 4.98 Å². The van der Waals surface area contributed by atoms with E-state index in [4.69, 9.17) is 26.2 Å². The summed E-state index contributed by atoms with van der Waals surface area (Å²) in [5.74, 6) is 0.794. The molecule has 0 amide bonds. The fourth-order valence-corrected chi connectivity index (χ4v) is 2.20. The minimum atomic E-state index is 0.0423. The van der Waals surface area contributed by atoms with E-state index in [-0.39, 0.29) is 6.61 Å². The fraction of sp³-hybridized carbons (Fsp3) is 0.353. The molecule has 0 saturated carbocycles. The van der Waals surface area contributed by atoms with Crippen LogP contribution in [0.5, 0.6) is 5.75 Å². The average molecular weight is 337 g/mol. The normalized spacial score (nSPS) is 10.7. The molecule has 0 atom stereocenters. The van der Waals surface area contributed by atoms with Crippen LogP contribution in [0.2, 0.25) is 5.02 Å². The van der Waals surface area contributed by atoms with Gasteiger partial charge in [0.05, 0.1) is 19.8 Å². The van der Waals surface area contributed by atoms with E-state index in [1.165, 1.54) is 0 Å². The summed E-state index contributed by atoms with van der Waals surface area (Å²) in [6.07, 6.45) is 3.52. The molecule has 2 rings (SSSR count). The van der Waals surface area contributed by atoms with Crippen LogP contribution in [-0.2, 0) is 17.9 Å². The highest BCUT2D eigenvalue weighted by Gasteiger charge is 2.05. The molecule has 2 aromatic rings. The predicted molar refractivity (Wildman–Crippen MR) is 89.6 cm³/mol. The van der Waals surface area contributed by atoms with Crippen molar-refractivity contribution in [3.05, 3.63) is 58.9 Å². The van der Waals surface area contributed by atoms with Crippen molar-refractivity contribution in [1.29, 1.82) is 0 Å². The molecular formula is C17H21ClN2O3. The van der Waals surface area contributed by atoms with E-state index < -0.39 is 0 Å². The molecular weight excluding hydrogens is 316 g/mol. The number of aromatic nitrogens is 1. The smallest absolute Gasteiger partial charge is 0.124 e. The third-order valence-corrected chi connectivity index (χ3v) is 3.35. The minimum Gasteiger partial charge on any atom is -0.489 e. The largest absolute Gasteiger partial charge is 0.489 e. The minimum absolute atomic E-state index is 0.0423. The van der Waals surface area contributed by atoms with Crippen molar-refractivity contribution in [2.75, 3.05) is 26.4 Å². The van der Waals surface area contributed by atoms with E-state index in [2.05, 4.69) is 10.3 Å². The molecule has 5 nitrogen and oxygen atoms in total. The van der Waals surface area contributed by atoms with Crippen LogP contribution in [0.15, 0.2) is 42.7 Å². The summed E-state index contributed by atoms with van der Waals surface area (Å²) in [5.41, 5.74) is 2.00. The molecule has 0 fully saturated rings. The van der Waals surface area contributed by atoms with Crippen LogP contribution in [0, 0.1) is 0 Å². The van der Waals surface area contributed by atoms with Crippen LogP contribution >= 0.6 is 11.6 Å². The molecule has 6 heteroatoms. The molecule has 0 unspecified atom stereocenters. The first-order chi connectivity index (χ1) is 11.3. The maximum atomic E-state index is 8.64. The Morgan fingerprint density at radius 2 is 2.13 bits per heavy atom. The lowest BCUT2D eigenvalue weighted by atomic mass is 10.2. The number of ether oxygens (including phenoxy) is 2. The lowest BCUT2D eigenvalue weighted by Gasteiger charge is -2.13. The number of aliphatic hydroxyl groups excluding tert-OH is 1. The van der Waals surface area contributed by atoms with Crippen molar-refractivity contribution in [3.63, 3.8) is 0 Å². The molecule has 0 aliphatic heterocycles. The number of aliphatic hydroxyl groups is 1. The Kier molecular flexibility index (Phi) is 7.83. The monoisotopic (exact) mass is 336 g/mol. The molecule has 0 saturated heterocycles. The first kappa shape index (κ1) is 17.7. The summed E-state index contributed by atoms with van der Waals surface area (Å²) in [5, 5.41) is 12.6. The van der Waals surface area contributed by atoms with Gasteiger partial charge in [0.15, 0.2) is 0 Å². The highest BCUT2D eigenvalue weighted by molar-refractivity contribution is 6.30. The molecule has 0 spiro atoms. The number of nitrogens with one attached hydrogen (secondary N) is 1. The van der Waals surface area contributed by atoms with Crippen LogP contribution in [0.4, 0.5) is 0 Å². The van der Waals surface area contributed by atoms with Crippen LogP contribution in [0.1, 0.15) is 11.1 Å². The van der Waals surface area contributed by atoms with E-state index in [0.717, 1.165) is 16.9 Å². The van der Waals surface area contributed by atoms with Gasteiger partial charge < -0.3 is 19.9 Å². The molecule has 2 N–H and O–H groups in total. The van der Waals surface area contributed by atoms with Crippen molar-refractivity contribution >= 4 is 11.6 Å². The van der Waals surface area contributed by atoms with E-state index in [0.29, 0.717) is 37.9 Å². The fourth-order valence-electron chi connectivity index (χ4n) is 2.01. The van der Waals surface area contributed by atoms with Gasteiger partial charge in [0.25, 0.3) is 0 Å². The van der Waals surface area contributed by atoms with Crippen LogP contribution < -0.4 is 10.1 Å². The number of hydrogen-bond acceptors (Lipinski definition) is 5. The molecule has 1 aromatic heterocycles. The second-order valence-corrected chi connectivity index (χ2v) is 5.35. The Balaban J connectivity index is 1.86. The number of halogens is 1.